The summed E-state index contributed by atoms with van der Waals surface area (Å²) in [6.07, 6.45) is 0.336. The molecule has 0 heterocycles. The van der Waals surface area contributed by atoms with Crippen LogP contribution in [-0.4, -0.2) is 16.3 Å². The monoisotopic (exact) mass is 222 g/mol. The Labute approximate surface area is 97.9 Å². The number of aryl methyl sites for hydroxylation is 1. The van der Waals surface area contributed by atoms with Crippen LogP contribution in [0, 0.1) is 12.8 Å². The maximum atomic E-state index is 10.1. The summed E-state index contributed by atoms with van der Waals surface area (Å²) < 4.78 is 0. The van der Waals surface area contributed by atoms with Crippen molar-refractivity contribution in [2.45, 2.75) is 45.8 Å². The first-order chi connectivity index (χ1) is 7.60. The Morgan fingerprint density at radius 3 is 2.25 bits per heavy atom. The third-order valence-electron chi connectivity index (χ3n) is 3.24. The fraction of sp³-hybridized carbons (Fsp3) is 0.571. The minimum Gasteiger partial charge on any atom is -0.390 e. The molecule has 16 heavy (non-hydrogen) atoms. The van der Waals surface area contributed by atoms with Crippen molar-refractivity contribution in [3.8, 4) is 0 Å². The van der Waals surface area contributed by atoms with Crippen LogP contribution in [0.5, 0.6) is 0 Å². The number of aliphatic hydroxyl groups excluding tert-OH is 2. The van der Waals surface area contributed by atoms with Crippen molar-refractivity contribution < 1.29 is 10.2 Å². The molecule has 0 fully saturated rings. The van der Waals surface area contributed by atoms with Crippen LogP contribution in [0.1, 0.15) is 43.9 Å². The SMILES string of the molecule is CCC(CC)C(O)C(O)c1cccc(C)c1. The molecule has 2 atom stereocenters. The maximum absolute atomic E-state index is 10.1. The first kappa shape index (κ1) is 13.2. The van der Waals surface area contributed by atoms with E-state index in [2.05, 4.69) is 0 Å². The first-order valence-electron chi connectivity index (χ1n) is 6.02. The zero-order valence-electron chi connectivity index (χ0n) is 10.4. The van der Waals surface area contributed by atoms with E-state index in [1.807, 2.05) is 45.0 Å². The summed E-state index contributed by atoms with van der Waals surface area (Å²) in [5.74, 6) is 0.163. The molecule has 1 aromatic rings. The van der Waals surface area contributed by atoms with E-state index in [-0.39, 0.29) is 5.92 Å². The highest BCUT2D eigenvalue weighted by atomic mass is 16.3. The van der Waals surface area contributed by atoms with E-state index in [1.54, 1.807) is 0 Å². The number of hydrogen-bond acceptors (Lipinski definition) is 2. The van der Waals surface area contributed by atoms with Gasteiger partial charge in [-0.05, 0) is 18.4 Å². The Morgan fingerprint density at radius 1 is 1.12 bits per heavy atom. The normalized spacial score (nSPS) is 15.1. The average molecular weight is 222 g/mol. The van der Waals surface area contributed by atoms with Crippen molar-refractivity contribution in [3.05, 3.63) is 35.4 Å². The van der Waals surface area contributed by atoms with E-state index < -0.39 is 12.2 Å². The smallest absolute Gasteiger partial charge is 0.105 e. The van der Waals surface area contributed by atoms with Crippen molar-refractivity contribution in [2.75, 3.05) is 0 Å². The van der Waals surface area contributed by atoms with Gasteiger partial charge in [0.15, 0.2) is 0 Å². The largest absolute Gasteiger partial charge is 0.390 e. The Bertz CT molecular complexity index is 318. The van der Waals surface area contributed by atoms with Crippen LogP contribution in [0.4, 0.5) is 0 Å². The van der Waals surface area contributed by atoms with Gasteiger partial charge in [-0.1, -0.05) is 56.5 Å². The van der Waals surface area contributed by atoms with Crippen LogP contribution in [-0.2, 0) is 0 Å². The van der Waals surface area contributed by atoms with Gasteiger partial charge in [-0.2, -0.15) is 0 Å². The number of rotatable bonds is 5. The van der Waals surface area contributed by atoms with Gasteiger partial charge < -0.3 is 10.2 Å². The topological polar surface area (TPSA) is 40.5 Å². The predicted molar refractivity (Wildman–Crippen MR) is 66.2 cm³/mol. The van der Waals surface area contributed by atoms with E-state index in [4.69, 9.17) is 0 Å². The number of aliphatic hydroxyl groups is 2. The minimum absolute atomic E-state index is 0.163. The van der Waals surface area contributed by atoms with E-state index in [0.29, 0.717) is 0 Å². The summed E-state index contributed by atoms with van der Waals surface area (Å²) in [6, 6.07) is 7.69. The van der Waals surface area contributed by atoms with Gasteiger partial charge in [-0.3, -0.25) is 0 Å². The van der Waals surface area contributed by atoms with E-state index in [9.17, 15) is 10.2 Å². The molecular weight excluding hydrogens is 200 g/mol. The molecule has 0 saturated heterocycles. The van der Waals surface area contributed by atoms with Crippen LogP contribution in [0.3, 0.4) is 0 Å². The van der Waals surface area contributed by atoms with Gasteiger partial charge in [-0.15, -0.1) is 0 Å². The molecule has 2 N–H and O–H groups in total. The lowest BCUT2D eigenvalue weighted by atomic mass is 9.89. The molecule has 0 aliphatic carbocycles. The summed E-state index contributed by atoms with van der Waals surface area (Å²) in [5.41, 5.74) is 1.91. The van der Waals surface area contributed by atoms with Gasteiger partial charge >= 0.3 is 0 Å². The molecule has 0 radical (unpaired) electrons. The standard InChI is InChI=1S/C14H22O2/c1-4-11(5-2)13(15)14(16)12-8-6-7-10(3)9-12/h6-9,11,13-16H,4-5H2,1-3H3. The van der Waals surface area contributed by atoms with Gasteiger partial charge in [-0.25, -0.2) is 0 Å². The van der Waals surface area contributed by atoms with Gasteiger partial charge in [0.1, 0.15) is 6.10 Å². The van der Waals surface area contributed by atoms with E-state index in [0.717, 1.165) is 24.0 Å². The summed E-state index contributed by atoms with van der Waals surface area (Å²) in [5, 5.41) is 20.2. The second-order valence-corrected chi connectivity index (χ2v) is 4.43. The molecule has 0 amide bonds. The summed E-state index contributed by atoms with van der Waals surface area (Å²) in [4.78, 5) is 0. The van der Waals surface area contributed by atoms with E-state index in [1.165, 1.54) is 0 Å². The Balaban J connectivity index is 2.80. The van der Waals surface area contributed by atoms with Crippen LogP contribution >= 0.6 is 0 Å². The molecule has 2 heteroatoms. The highest BCUT2D eigenvalue weighted by Gasteiger charge is 2.24. The average Bonchev–Trinajstić information content (AvgIpc) is 2.29. The lowest BCUT2D eigenvalue weighted by Crippen LogP contribution is -2.27. The molecule has 0 bridgehead atoms. The molecule has 1 aromatic carbocycles. The third-order valence-corrected chi connectivity index (χ3v) is 3.24. The number of hydrogen-bond donors (Lipinski definition) is 2. The van der Waals surface area contributed by atoms with Gasteiger partial charge in [0.2, 0.25) is 0 Å². The first-order valence-corrected chi connectivity index (χ1v) is 6.02. The van der Waals surface area contributed by atoms with Crippen LogP contribution in [0.25, 0.3) is 0 Å². The summed E-state index contributed by atoms with van der Waals surface area (Å²) in [7, 11) is 0. The highest BCUT2D eigenvalue weighted by Crippen LogP contribution is 2.26. The molecule has 0 aliphatic heterocycles. The van der Waals surface area contributed by atoms with Gasteiger partial charge in [0, 0.05) is 0 Å². The maximum Gasteiger partial charge on any atom is 0.105 e. The summed E-state index contributed by atoms with van der Waals surface area (Å²) in [6.45, 7) is 6.07. The second-order valence-electron chi connectivity index (χ2n) is 4.43. The third kappa shape index (κ3) is 3.06. The molecule has 2 unspecified atom stereocenters. The second kappa shape index (κ2) is 6.02. The molecule has 0 aliphatic rings. The minimum atomic E-state index is -0.773. The zero-order valence-corrected chi connectivity index (χ0v) is 10.4. The van der Waals surface area contributed by atoms with E-state index >= 15 is 0 Å². The van der Waals surface area contributed by atoms with Gasteiger partial charge in [0.25, 0.3) is 0 Å². The van der Waals surface area contributed by atoms with Crippen LogP contribution in [0.2, 0.25) is 0 Å². The lowest BCUT2D eigenvalue weighted by molar-refractivity contribution is -0.0209. The molecule has 90 valence electrons. The summed E-state index contributed by atoms with van der Waals surface area (Å²) >= 11 is 0. The van der Waals surface area contributed by atoms with Crippen LogP contribution in [0.15, 0.2) is 24.3 Å². The van der Waals surface area contributed by atoms with Crippen molar-refractivity contribution in [1.82, 2.24) is 0 Å². The molecule has 0 saturated carbocycles. The van der Waals surface area contributed by atoms with Crippen molar-refractivity contribution >= 4 is 0 Å². The Kier molecular flexibility index (Phi) is 4.97. The quantitative estimate of drug-likeness (QED) is 0.804. The Hall–Kier alpha value is -0.860. The molecule has 0 aromatic heterocycles. The molecule has 0 spiro atoms. The predicted octanol–water partition coefficient (Wildman–Crippen LogP) is 2.83. The Morgan fingerprint density at radius 2 is 1.75 bits per heavy atom. The number of benzene rings is 1. The lowest BCUT2D eigenvalue weighted by Gasteiger charge is -2.25. The van der Waals surface area contributed by atoms with Crippen LogP contribution < -0.4 is 0 Å². The highest BCUT2D eigenvalue weighted by molar-refractivity contribution is 5.24. The van der Waals surface area contributed by atoms with Gasteiger partial charge in [0.05, 0.1) is 6.10 Å². The fourth-order valence-electron chi connectivity index (χ4n) is 2.08. The van der Waals surface area contributed by atoms with Crippen molar-refractivity contribution in [2.24, 2.45) is 5.92 Å². The molecule has 2 nitrogen and oxygen atoms in total. The van der Waals surface area contributed by atoms with Crippen molar-refractivity contribution in [1.29, 1.82) is 0 Å². The molecular formula is C14H22O2. The molecule has 1 rings (SSSR count). The fourth-order valence-corrected chi connectivity index (χ4v) is 2.08. The van der Waals surface area contributed by atoms with Crippen molar-refractivity contribution in [3.63, 3.8) is 0 Å². The zero-order chi connectivity index (χ0) is 12.1.